The molecule has 2 aromatic carbocycles. The van der Waals surface area contributed by atoms with E-state index >= 15 is 0 Å². The van der Waals surface area contributed by atoms with Crippen LogP contribution in [0.1, 0.15) is 72.3 Å². The lowest BCUT2D eigenvalue weighted by molar-refractivity contribution is 0.0343. The second kappa shape index (κ2) is 9.90. The Morgan fingerprint density at radius 1 is 0.921 bits per heavy atom. The summed E-state index contributed by atoms with van der Waals surface area (Å²) in [5.74, 6) is -0.334. The summed E-state index contributed by atoms with van der Waals surface area (Å²) in [6.45, 7) is 6.48. The summed E-state index contributed by atoms with van der Waals surface area (Å²) < 4.78 is 10.6. The number of aromatic carboxylic acids is 1. The van der Waals surface area contributed by atoms with Crippen LogP contribution in [0.15, 0.2) is 42.6 Å². The molecule has 0 spiro atoms. The summed E-state index contributed by atoms with van der Waals surface area (Å²) in [5, 5.41) is 12.4. The van der Waals surface area contributed by atoms with Gasteiger partial charge in [-0.05, 0) is 54.9 Å². The molecule has 1 saturated heterocycles. The van der Waals surface area contributed by atoms with Crippen molar-refractivity contribution in [3.63, 3.8) is 0 Å². The van der Waals surface area contributed by atoms with Crippen LogP contribution in [0.2, 0.25) is 0 Å². The van der Waals surface area contributed by atoms with Crippen molar-refractivity contribution < 1.29 is 14.6 Å². The van der Waals surface area contributed by atoms with E-state index in [9.17, 15) is 9.90 Å². The van der Waals surface area contributed by atoms with Gasteiger partial charge in [-0.1, -0.05) is 43.5 Å². The molecule has 1 aliphatic carbocycles. The fourth-order valence-electron chi connectivity index (χ4n) is 7.32. The van der Waals surface area contributed by atoms with Crippen molar-refractivity contribution in [3.05, 3.63) is 59.3 Å². The Bertz CT molecular complexity index is 1500. The van der Waals surface area contributed by atoms with Gasteiger partial charge in [-0.25, -0.2) is 4.79 Å². The first kappa shape index (κ1) is 24.0. The summed E-state index contributed by atoms with van der Waals surface area (Å²) in [4.78, 5) is 14.5. The maximum absolute atomic E-state index is 12.0. The van der Waals surface area contributed by atoms with Gasteiger partial charge in [-0.2, -0.15) is 0 Å². The van der Waals surface area contributed by atoms with Crippen molar-refractivity contribution in [2.75, 3.05) is 26.3 Å². The maximum Gasteiger partial charge on any atom is 0.335 e. The first-order chi connectivity index (χ1) is 18.7. The Kier molecular flexibility index (Phi) is 6.25. The molecule has 0 radical (unpaired) electrons. The van der Waals surface area contributed by atoms with Crippen LogP contribution in [-0.4, -0.2) is 51.4 Å². The highest BCUT2D eigenvalue weighted by molar-refractivity contribution is 6.03. The standard InChI is InChI=1S/C32H37N3O3/c36-32(37)23-11-12-26-28(19-23)35-14-5-4-13-34-21-24(20-33-15-17-38-18-16-33)25-9-6-10-27(30(25)34)31(35)29(26)22-7-2-1-3-8-22/h6,9-12,19,21-22H,1-5,7-8,13-18,20H2,(H,36,37). The molecule has 6 heteroatoms. The zero-order valence-corrected chi connectivity index (χ0v) is 22.1. The molecule has 0 unspecified atom stereocenters. The van der Waals surface area contributed by atoms with E-state index in [1.807, 2.05) is 6.07 Å². The number of aryl methyl sites for hydroxylation is 2. The van der Waals surface area contributed by atoms with Crippen molar-refractivity contribution in [2.45, 2.75) is 70.5 Å². The highest BCUT2D eigenvalue weighted by Crippen LogP contribution is 2.46. The lowest BCUT2D eigenvalue weighted by Crippen LogP contribution is -2.35. The Hall–Kier alpha value is -3.09. The molecule has 2 aliphatic heterocycles. The molecule has 2 aromatic heterocycles. The van der Waals surface area contributed by atoms with Crippen LogP contribution in [0.5, 0.6) is 0 Å². The molecular formula is C32H37N3O3. The first-order valence-corrected chi connectivity index (χ1v) is 14.5. The molecule has 198 valence electrons. The average molecular weight is 512 g/mol. The second-order valence-corrected chi connectivity index (χ2v) is 11.4. The predicted molar refractivity (Wildman–Crippen MR) is 151 cm³/mol. The Morgan fingerprint density at radius 3 is 2.55 bits per heavy atom. The number of fused-ring (bicyclic) bond motifs is 4. The first-order valence-electron chi connectivity index (χ1n) is 14.5. The van der Waals surface area contributed by atoms with E-state index in [2.05, 4.69) is 44.5 Å². The van der Waals surface area contributed by atoms with Crippen LogP contribution in [0.25, 0.3) is 33.1 Å². The number of rotatable bonds is 4. The minimum atomic E-state index is -0.853. The Morgan fingerprint density at radius 2 is 1.74 bits per heavy atom. The maximum atomic E-state index is 12.0. The van der Waals surface area contributed by atoms with Gasteiger partial charge in [0.15, 0.2) is 0 Å². The van der Waals surface area contributed by atoms with Gasteiger partial charge >= 0.3 is 5.97 Å². The van der Waals surface area contributed by atoms with E-state index in [-0.39, 0.29) is 0 Å². The molecule has 0 bridgehead atoms. The predicted octanol–water partition coefficient (Wildman–Crippen LogP) is 6.63. The van der Waals surface area contributed by atoms with Gasteiger partial charge in [0.1, 0.15) is 0 Å². The van der Waals surface area contributed by atoms with Crippen molar-refractivity contribution in [3.8, 4) is 11.3 Å². The van der Waals surface area contributed by atoms with Crippen LogP contribution < -0.4 is 0 Å². The average Bonchev–Trinajstić information content (AvgIpc) is 3.48. The molecule has 1 N–H and O–H groups in total. The van der Waals surface area contributed by atoms with Gasteiger partial charge in [-0.3, -0.25) is 4.90 Å². The molecule has 4 aromatic rings. The van der Waals surface area contributed by atoms with Crippen molar-refractivity contribution in [1.82, 2.24) is 14.0 Å². The quantitative estimate of drug-likeness (QED) is 0.334. The number of carboxylic acid groups (broad SMARTS) is 1. The van der Waals surface area contributed by atoms with Crippen LogP contribution in [0, 0.1) is 0 Å². The number of morpholine rings is 1. The highest BCUT2D eigenvalue weighted by atomic mass is 16.5. The molecule has 38 heavy (non-hydrogen) atoms. The number of nitrogens with zero attached hydrogens (tertiary/aromatic N) is 3. The lowest BCUT2D eigenvalue weighted by atomic mass is 9.81. The monoisotopic (exact) mass is 511 g/mol. The van der Waals surface area contributed by atoms with Crippen LogP contribution in [0.3, 0.4) is 0 Å². The van der Waals surface area contributed by atoms with Gasteiger partial charge in [-0.15, -0.1) is 0 Å². The zero-order valence-electron chi connectivity index (χ0n) is 22.1. The molecule has 3 aliphatic rings. The number of hydrogen-bond acceptors (Lipinski definition) is 3. The minimum Gasteiger partial charge on any atom is -0.478 e. The molecule has 7 rings (SSSR count). The third kappa shape index (κ3) is 4.05. The SMILES string of the molecule is O=C(O)c1ccc2c(C3CCCCC3)c3n(c2c1)CCCCn1cc(CN2CCOCC2)c2cccc-3c21. The van der Waals surface area contributed by atoms with E-state index in [1.165, 1.54) is 70.8 Å². The molecule has 4 heterocycles. The van der Waals surface area contributed by atoms with E-state index in [4.69, 9.17) is 4.74 Å². The van der Waals surface area contributed by atoms with Gasteiger partial charge in [0.25, 0.3) is 0 Å². The van der Waals surface area contributed by atoms with Crippen LogP contribution >= 0.6 is 0 Å². The van der Waals surface area contributed by atoms with Crippen molar-refractivity contribution in [2.24, 2.45) is 0 Å². The molecule has 2 fully saturated rings. The summed E-state index contributed by atoms with van der Waals surface area (Å²) in [6.07, 6.45) is 10.9. The lowest BCUT2D eigenvalue weighted by Gasteiger charge is -2.26. The Balaban J connectivity index is 1.48. The van der Waals surface area contributed by atoms with Gasteiger partial charge in [0.2, 0.25) is 0 Å². The molecule has 1 saturated carbocycles. The van der Waals surface area contributed by atoms with E-state index < -0.39 is 5.97 Å². The Labute approximate surface area is 223 Å². The number of carbonyl (C=O) groups is 1. The van der Waals surface area contributed by atoms with E-state index in [1.54, 1.807) is 6.07 Å². The number of aromatic nitrogens is 2. The third-order valence-corrected chi connectivity index (χ3v) is 9.13. The van der Waals surface area contributed by atoms with E-state index in [0.717, 1.165) is 64.3 Å². The molecular weight excluding hydrogens is 474 g/mol. The number of para-hydroxylation sites is 1. The summed E-state index contributed by atoms with van der Waals surface area (Å²) in [5.41, 5.74) is 8.31. The molecule has 0 atom stereocenters. The topological polar surface area (TPSA) is 59.6 Å². The minimum absolute atomic E-state index is 0.377. The van der Waals surface area contributed by atoms with Crippen molar-refractivity contribution in [1.29, 1.82) is 0 Å². The number of benzene rings is 2. The van der Waals surface area contributed by atoms with Crippen LogP contribution in [-0.2, 0) is 24.4 Å². The second-order valence-electron chi connectivity index (χ2n) is 11.4. The summed E-state index contributed by atoms with van der Waals surface area (Å²) in [6, 6.07) is 12.7. The zero-order chi connectivity index (χ0) is 25.6. The normalized spacial score (nSPS) is 19.3. The van der Waals surface area contributed by atoms with Gasteiger partial charge in [0, 0.05) is 60.8 Å². The number of carboxylic acids is 1. The number of ether oxygens (including phenoxy) is 1. The number of hydrogen-bond donors (Lipinski definition) is 1. The smallest absolute Gasteiger partial charge is 0.335 e. The summed E-state index contributed by atoms with van der Waals surface area (Å²) >= 11 is 0. The van der Waals surface area contributed by atoms with E-state index in [0.29, 0.717) is 11.5 Å². The van der Waals surface area contributed by atoms with Gasteiger partial charge < -0.3 is 19.0 Å². The highest BCUT2D eigenvalue weighted by Gasteiger charge is 2.29. The fourth-order valence-corrected chi connectivity index (χ4v) is 7.32. The van der Waals surface area contributed by atoms with Crippen LogP contribution in [0.4, 0.5) is 0 Å². The van der Waals surface area contributed by atoms with Gasteiger partial charge in [0.05, 0.1) is 30.0 Å². The molecule has 0 amide bonds. The largest absolute Gasteiger partial charge is 0.478 e. The van der Waals surface area contributed by atoms with Crippen molar-refractivity contribution >= 4 is 27.8 Å². The third-order valence-electron chi connectivity index (χ3n) is 9.13. The molecule has 6 nitrogen and oxygen atoms in total. The summed E-state index contributed by atoms with van der Waals surface area (Å²) in [7, 11) is 0. The fraction of sp³-hybridized carbons (Fsp3) is 0.469.